The number of halogens is 1. The molecule has 0 amide bonds. The summed E-state index contributed by atoms with van der Waals surface area (Å²) in [5, 5.41) is 4.38. The topological polar surface area (TPSA) is 76.4 Å². The van der Waals surface area contributed by atoms with Gasteiger partial charge in [0.1, 0.15) is 0 Å². The fraction of sp³-hybridized carbons (Fsp3) is 0. The van der Waals surface area contributed by atoms with E-state index in [1.165, 1.54) is 0 Å². The van der Waals surface area contributed by atoms with Crippen LogP contribution in [0.15, 0.2) is 58.1 Å². The molecular formula is C14H13BrN4S. The van der Waals surface area contributed by atoms with Crippen LogP contribution in [-0.4, -0.2) is 10.8 Å². The van der Waals surface area contributed by atoms with Crippen molar-refractivity contribution < 1.29 is 0 Å². The molecule has 2 rings (SSSR count). The van der Waals surface area contributed by atoms with E-state index < -0.39 is 0 Å². The smallest absolute Gasteiger partial charge is 0.184 e. The van der Waals surface area contributed by atoms with E-state index in [1.54, 1.807) is 0 Å². The number of nitrogens with two attached hydrogens (primary N) is 2. The van der Waals surface area contributed by atoms with Crippen LogP contribution in [0.2, 0.25) is 0 Å². The Balaban J connectivity index is 2.50. The average molecular weight is 349 g/mol. The minimum Gasteiger partial charge on any atom is -0.399 e. The van der Waals surface area contributed by atoms with Gasteiger partial charge in [-0.2, -0.15) is 5.10 Å². The molecule has 0 aliphatic heterocycles. The Hall–Kier alpha value is -1.92. The molecule has 0 spiro atoms. The summed E-state index contributed by atoms with van der Waals surface area (Å²) in [6.07, 6.45) is 0. The first-order chi connectivity index (χ1) is 9.56. The summed E-state index contributed by atoms with van der Waals surface area (Å²) in [7, 11) is 0. The molecule has 0 heterocycles. The van der Waals surface area contributed by atoms with Crippen molar-refractivity contribution in [2.75, 3.05) is 5.73 Å². The SMILES string of the molecule is NC(=S)NN=C(c1cccc(N)c1)c1cccc(Br)c1. The summed E-state index contributed by atoms with van der Waals surface area (Å²) in [6.45, 7) is 0. The summed E-state index contributed by atoms with van der Waals surface area (Å²) >= 11 is 8.24. The lowest BCUT2D eigenvalue weighted by molar-refractivity contribution is 1.03. The van der Waals surface area contributed by atoms with Gasteiger partial charge in [-0.15, -0.1) is 0 Å². The van der Waals surface area contributed by atoms with Crippen LogP contribution in [0.3, 0.4) is 0 Å². The number of nitrogen functional groups attached to an aromatic ring is 1. The van der Waals surface area contributed by atoms with Crippen LogP contribution in [0.25, 0.3) is 0 Å². The van der Waals surface area contributed by atoms with Crippen molar-refractivity contribution in [3.63, 3.8) is 0 Å². The third kappa shape index (κ3) is 3.79. The maximum absolute atomic E-state index is 5.83. The second-order valence-electron chi connectivity index (χ2n) is 4.07. The average Bonchev–Trinajstić information content (AvgIpc) is 2.39. The third-order valence-electron chi connectivity index (χ3n) is 2.54. The first-order valence-corrected chi connectivity index (χ1v) is 7.01. The molecule has 20 heavy (non-hydrogen) atoms. The van der Waals surface area contributed by atoms with Gasteiger partial charge in [-0.3, -0.25) is 5.43 Å². The first-order valence-electron chi connectivity index (χ1n) is 5.81. The summed E-state index contributed by atoms with van der Waals surface area (Å²) in [5.41, 5.74) is 17.1. The molecule has 0 saturated heterocycles. The Labute approximate surface area is 131 Å². The first kappa shape index (κ1) is 14.5. The largest absolute Gasteiger partial charge is 0.399 e. The molecule has 102 valence electrons. The molecule has 0 aliphatic rings. The van der Waals surface area contributed by atoms with Crippen molar-refractivity contribution in [3.8, 4) is 0 Å². The number of hydrogen-bond acceptors (Lipinski definition) is 3. The van der Waals surface area contributed by atoms with Crippen LogP contribution in [0.4, 0.5) is 5.69 Å². The normalized spacial score (nSPS) is 11.2. The Morgan fingerprint density at radius 2 is 1.75 bits per heavy atom. The number of thiocarbonyl (C=S) groups is 1. The highest BCUT2D eigenvalue weighted by molar-refractivity contribution is 9.10. The summed E-state index contributed by atoms with van der Waals surface area (Å²) < 4.78 is 0.960. The molecule has 0 aromatic heterocycles. The predicted molar refractivity (Wildman–Crippen MR) is 90.6 cm³/mol. The second kappa shape index (κ2) is 6.49. The van der Waals surface area contributed by atoms with Gasteiger partial charge in [-0.25, -0.2) is 0 Å². The van der Waals surface area contributed by atoms with Crippen LogP contribution in [0.5, 0.6) is 0 Å². The van der Waals surface area contributed by atoms with Gasteiger partial charge in [0.2, 0.25) is 0 Å². The van der Waals surface area contributed by atoms with Crippen LogP contribution in [0.1, 0.15) is 11.1 Å². The number of nitrogens with zero attached hydrogens (tertiary/aromatic N) is 1. The van der Waals surface area contributed by atoms with E-state index >= 15 is 0 Å². The van der Waals surface area contributed by atoms with Gasteiger partial charge in [-0.1, -0.05) is 40.2 Å². The zero-order chi connectivity index (χ0) is 14.5. The molecule has 0 radical (unpaired) electrons. The fourth-order valence-corrected chi connectivity index (χ4v) is 2.17. The summed E-state index contributed by atoms with van der Waals surface area (Å²) in [6, 6.07) is 15.3. The maximum atomic E-state index is 5.83. The monoisotopic (exact) mass is 348 g/mol. The minimum absolute atomic E-state index is 0.112. The second-order valence-corrected chi connectivity index (χ2v) is 5.43. The van der Waals surface area contributed by atoms with Crippen LogP contribution in [-0.2, 0) is 0 Å². The Morgan fingerprint density at radius 3 is 2.35 bits per heavy atom. The molecule has 0 aliphatic carbocycles. The van der Waals surface area contributed by atoms with Crippen molar-refractivity contribution in [2.24, 2.45) is 10.8 Å². The standard InChI is InChI=1S/C14H13BrN4S/c15-11-5-1-3-9(7-11)13(18-19-14(17)20)10-4-2-6-12(16)8-10/h1-8H,16H2,(H3,17,19,20). The predicted octanol–water partition coefficient (Wildman–Crippen LogP) is 2.62. The number of benzene rings is 2. The summed E-state index contributed by atoms with van der Waals surface area (Å²) in [5.74, 6) is 0. The van der Waals surface area contributed by atoms with Crippen molar-refractivity contribution in [1.82, 2.24) is 5.43 Å². The van der Waals surface area contributed by atoms with Crippen LogP contribution < -0.4 is 16.9 Å². The zero-order valence-corrected chi connectivity index (χ0v) is 12.9. The molecule has 0 saturated carbocycles. The highest BCUT2D eigenvalue weighted by Gasteiger charge is 2.08. The fourth-order valence-electron chi connectivity index (χ4n) is 1.73. The minimum atomic E-state index is 0.112. The number of rotatable bonds is 3. The molecule has 0 unspecified atom stereocenters. The van der Waals surface area contributed by atoms with Crippen molar-refractivity contribution in [2.45, 2.75) is 0 Å². The number of hydrazone groups is 1. The quantitative estimate of drug-likeness (QED) is 0.345. The molecule has 2 aromatic rings. The van der Waals surface area contributed by atoms with Gasteiger partial charge >= 0.3 is 0 Å². The Morgan fingerprint density at radius 1 is 1.10 bits per heavy atom. The van der Waals surface area contributed by atoms with Gasteiger partial charge in [0.05, 0.1) is 5.71 Å². The molecule has 0 bridgehead atoms. The van der Waals surface area contributed by atoms with E-state index in [2.05, 4.69) is 26.5 Å². The summed E-state index contributed by atoms with van der Waals surface area (Å²) in [4.78, 5) is 0. The van der Waals surface area contributed by atoms with E-state index in [0.29, 0.717) is 11.4 Å². The van der Waals surface area contributed by atoms with E-state index in [-0.39, 0.29) is 5.11 Å². The molecule has 0 fully saturated rings. The maximum Gasteiger partial charge on any atom is 0.184 e. The van der Waals surface area contributed by atoms with Crippen LogP contribution >= 0.6 is 28.1 Å². The van der Waals surface area contributed by atoms with E-state index in [4.69, 9.17) is 23.7 Å². The highest BCUT2D eigenvalue weighted by Crippen LogP contribution is 2.17. The van der Waals surface area contributed by atoms with Gasteiger partial charge in [0.15, 0.2) is 5.11 Å². The lowest BCUT2D eigenvalue weighted by atomic mass is 10.0. The molecular weight excluding hydrogens is 336 g/mol. The van der Waals surface area contributed by atoms with Gasteiger partial charge in [-0.05, 0) is 36.5 Å². The number of hydrogen-bond donors (Lipinski definition) is 3. The molecule has 6 heteroatoms. The molecule has 0 atom stereocenters. The molecule has 2 aromatic carbocycles. The van der Waals surface area contributed by atoms with Gasteiger partial charge in [0.25, 0.3) is 0 Å². The third-order valence-corrected chi connectivity index (χ3v) is 3.12. The van der Waals surface area contributed by atoms with Crippen molar-refractivity contribution in [1.29, 1.82) is 0 Å². The van der Waals surface area contributed by atoms with Gasteiger partial charge < -0.3 is 11.5 Å². The Kier molecular flexibility index (Phi) is 4.70. The number of anilines is 1. The molecule has 4 nitrogen and oxygen atoms in total. The molecule has 5 N–H and O–H groups in total. The van der Waals surface area contributed by atoms with Crippen molar-refractivity contribution in [3.05, 3.63) is 64.1 Å². The van der Waals surface area contributed by atoms with Crippen LogP contribution in [0, 0.1) is 0 Å². The van der Waals surface area contributed by atoms with E-state index in [0.717, 1.165) is 15.6 Å². The lowest BCUT2D eigenvalue weighted by Gasteiger charge is -2.09. The van der Waals surface area contributed by atoms with Crippen molar-refractivity contribution >= 4 is 44.7 Å². The number of nitrogens with one attached hydrogen (secondary N) is 1. The van der Waals surface area contributed by atoms with E-state index in [1.807, 2.05) is 48.5 Å². The van der Waals surface area contributed by atoms with Gasteiger partial charge in [0, 0.05) is 21.3 Å². The zero-order valence-electron chi connectivity index (χ0n) is 10.5. The highest BCUT2D eigenvalue weighted by atomic mass is 79.9. The van der Waals surface area contributed by atoms with E-state index in [9.17, 15) is 0 Å². The lowest BCUT2D eigenvalue weighted by Crippen LogP contribution is -2.26. The Bertz CT molecular complexity index is 622.